The Morgan fingerprint density at radius 3 is 2.79 bits per heavy atom. The highest BCUT2D eigenvalue weighted by molar-refractivity contribution is 9.09. The summed E-state index contributed by atoms with van der Waals surface area (Å²) in [4.78, 5) is 10.6. The highest BCUT2D eigenvalue weighted by Gasteiger charge is 1.95. The molecule has 1 aromatic rings. The molecule has 14 heavy (non-hydrogen) atoms. The van der Waals surface area contributed by atoms with Gasteiger partial charge in [0.25, 0.3) is 0 Å². The first-order chi connectivity index (χ1) is 6.77. The predicted octanol–water partition coefficient (Wildman–Crippen LogP) is 3.61. The molecular weight excluding hydrogens is 240 g/mol. The molecule has 0 aromatic heterocycles. The minimum Gasteiger partial charge on any atom is -0.298 e. The minimum atomic E-state index is 0.766. The van der Waals surface area contributed by atoms with Gasteiger partial charge >= 0.3 is 0 Å². The van der Waals surface area contributed by atoms with E-state index < -0.39 is 0 Å². The highest BCUT2D eigenvalue weighted by Crippen LogP contribution is 2.11. The lowest BCUT2D eigenvalue weighted by Crippen LogP contribution is -1.86. The molecule has 0 unspecified atom stereocenters. The fourth-order valence-corrected chi connectivity index (χ4v) is 1.48. The zero-order valence-electron chi connectivity index (χ0n) is 8.16. The number of benzene rings is 1. The maximum absolute atomic E-state index is 10.6. The van der Waals surface area contributed by atoms with Crippen molar-refractivity contribution in [3.63, 3.8) is 0 Å². The van der Waals surface area contributed by atoms with E-state index in [-0.39, 0.29) is 0 Å². The molecule has 1 aromatic carbocycles. The maximum Gasteiger partial charge on any atom is 0.150 e. The van der Waals surface area contributed by atoms with Crippen molar-refractivity contribution in [3.05, 3.63) is 41.0 Å². The van der Waals surface area contributed by atoms with E-state index in [2.05, 4.69) is 28.1 Å². The summed E-state index contributed by atoms with van der Waals surface area (Å²) in [6.07, 6.45) is 6.10. The summed E-state index contributed by atoms with van der Waals surface area (Å²) < 4.78 is 0. The number of rotatable bonds is 4. The van der Waals surface area contributed by atoms with Crippen molar-refractivity contribution in [1.29, 1.82) is 0 Å². The lowest BCUT2D eigenvalue weighted by Gasteiger charge is -1.99. The molecule has 0 aliphatic rings. The van der Waals surface area contributed by atoms with Crippen molar-refractivity contribution in [2.75, 3.05) is 5.33 Å². The van der Waals surface area contributed by atoms with Crippen LogP contribution in [0.5, 0.6) is 0 Å². The van der Waals surface area contributed by atoms with Crippen LogP contribution < -0.4 is 0 Å². The fraction of sp³-hybridized carbons (Fsp3) is 0.250. The summed E-state index contributed by atoms with van der Waals surface area (Å²) >= 11 is 3.36. The van der Waals surface area contributed by atoms with Crippen molar-refractivity contribution >= 4 is 28.3 Å². The third-order valence-electron chi connectivity index (χ3n) is 2.01. The monoisotopic (exact) mass is 252 g/mol. The summed E-state index contributed by atoms with van der Waals surface area (Å²) in [5.41, 5.74) is 2.94. The normalized spacial score (nSPS) is 10.7. The van der Waals surface area contributed by atoms with Crippen molar-refractivity contribution in [3.8, 4) is 0 Å². The van der Waals surface area contributed by atoms with Gasteiger partial charge in [-0.05, 0) is 24.5 Å². The summed E-state index contributed by atoms with van der Waals surface area (Å²) in [6.45, 7) is 1.95. The van der Waals surface area contributed by atoms with Crippen LogP contribution in [0.2, 0.25) is 0 Å². The van der Waals surface area contributed by atoms with Crippen molar-refractivity contribution in [2.24, 2.45) is 0 Å². The van der Waals surface area contributed by atoms with Gasteiger partial charge in [-0.2, -0.15) is 0 Å². The van der Waals surface area contributed by atoms with Crippen LogP contribution in [0.15, 0.2) is 24.3 Å². The Bertz CT molecular complexity index is 342. The molecule has 1 rings (SSSR count). The van der Waals surface area contributed by atoms with E-state index in [0.717, 1.165) is 34.7 Å². The van der Waals surface area contributed by atoms with Gasteiger partial charge in [0.2, 0.25) is 0 Å². The number of carbonyl (C=O) groups is 1. The standard InChI is InChI=1S/C12H13BrO/c1-10-8-11(4-2-3-7-13)5-6-12(10)9-14/h2,4-6,8-9H,3,7H2,1H3. The molecule has 74 valence electrons. The number of hydrogen-bond acceptors (Lipinski definition) is 1. The lowest BCUT2D eigenvalue weighted by molar-refractivity contribution is 0.112. The summed E-state index contributed by atoms with van der Waals surface area (Å²) in [6, 6.07) is 5.84. The molecule has 0 aliphatic heterocycles. The van der Waals surface area contributed by atoms with E-state index in [4.69, 9.17) is 0 Å². The second-order valence-corrected chi connectivity index (χ2v) is 3.91. The van der Waals surface area contributed by atoms with Gasteiger partial charge in [-0.3, -0.25) is 4.79 Å². The average Bonchev–Trinajstić information content (AvgIpc) is 2.18. The zero-order valence-corrected chi connectivity index (χ0v) is 9.75. The second kappa shape index (κ2) is 5.76. The maximum atomic E-state index is 10.6. The number of halogens is 1. The zero-order chi connectivity index (χ0) is 10.4. The Hall–Kier alpha value is -0.890. The molecule has 0 bridgehead atoms. The molecular formula is C12H13BrO. The third-order valence-corrected chi connectivity index (χ3v) is 2.46. The van der Waals surface area contributed by atoms with Crippen LogP contribution in [0, 0.1) is 6.92 Å². The molecule has 0 amide bonds. The molecule has 0 atom stereocenters. The number of carbonyl (C=O) groups excluding carboxylic acids is 1. The van der Waals surface area contributed by atoms with Crippen LogP contribution in [-0.2, 0) is 0 Å². The van der Waals surface area contributed by atoms with Gasteiger partial charge in [0.1, 0.15) is 6.29 Å². The van der Waals surface area contributed by atoms with Crippen LogP contribution in [0.25, 0.3) is 6.08 Å². The van der Waals surface area contributed by atoms with Gasteiger partial charge < -0.3 is 0 Å². The Kier molecular flexibility index (Phi) is 4.60. The molecule has 2 heteroatoms. The molecule has 0 saturated heterocycles. The van der Waals surface area contributed by atoms with Gasteiger partial charge in [0.05, 0.1) is 0 Å². The minimum absolute atomic E-state index is 0.766. The van der Waals surface area contributed by atoms with E-state index >= 15 is 0 Å². The largest absolute Gasteiger partial charge is 0.298 e. The Balaban J connectivity index is 2.81. The topological polar surface area (TPSA) is 17.1 Å². The first kappa shape index (κ1) is 11.2. The molecule has 0 aliphatic carbocycles. The lowest BCUT2D eigenvalue weighted by atomic mass is 10.1. The Morgan fingerprint density at radius 1 is 1.43 bits per heavy atom. The van der Waals surface area contributed by atoms with Gasteiger partial charge in [0.15, 0.2) is 0 Å². The van der Waals surface area contributed by atoms with E-state index in [0.29, 0.717) is 0 Å². The van der Waals surface area contributed by atoms with E-state index in [1.165, 1.54) is 0 Å². The summed E-state index contributed by atoms with van der Waals surface area (Å²) in [7, 11) is 0. The molecule has 1 nitrogen and oxygen atoms in total. The van der Waals surface area contributed by atoms with Crippen molar-refractivity contribution in [1.82, 2.24) is 0 Å². The van der Waals surface area contributed by atoms with Crippen LogP contribution in [0.4, 0.5) is 0 Å². The molecule has 0 heterocycles. The second-order valence-electron chi connectivity index (χ2n) is 3.11. The third kappa shape index (κ3) is 3.11. The summed E-state index contributed by atoms with van der Waals surface area (Å²) in [5, 5.41) is 0.981. The fourth-order valence-electron chi connectivity index (χ4n) is 1.22. The first-order valence-electron chi connectivity index (χ1n) is 4.56. The number of aldehydes is 1. The predicted molar refractivity (Wildman–Crippen MR) is 64.0 cm³/mol. The van der Waals surface area contributed by atoms with Gasteiger partial charge in [-0.15, -0.1) is 0 Å². The number of allylic oxidation sites excluding steroid dienone is 1. The van der Waals surface area contributed by atoms with E-state index in [1.807, 2.05) is 25.1 Å². The highest BCUT2D eigenvalue weighted by atomic mass is 79.9. The smallest absolute Gasteiger partial charge is 0.150 e. The number of hydrogen-bond donors (Lipinski definition) is 0. The SMILES string of the molecule is Cc1cc(C=CCCBr)ccc1C=O. The Morgan fingerprint density at radius 2 is 2.21 bits per heavy atom. The van der Waals surface area contributed by atoms with Gasteiger partial charge in [0, 0.05) is 10.9 Å². The van der Waals surface area contributed by atoms with Crippen LogP contribution in [-0.4, -0.2) is 11.6 Å². The molecule has 0 fully saturated rings. The van der Waals surface area contributed by atoms with Gasteiger partial charge in [-0.1, -0.05) is 46.3 Å². The van der Waals surface area contributed by atoms with Crippen LogP contribution in [0.3, 0.4) is 0 Å². The molecule has 0 N–H and O–H groups in total. The van der Waals surface area contributed by atoms with Crippen molar-refractivity contribution in [2.45, 2.75) is 13.3 Å². The van der Waals surface area contributed by atoms with Crippen LogP contribution in [0.1, 0.15) is 27.9 Å². The Labute approximate surface area is 93.0 Å². The first-order valence-corrected chi connectivity index (χ1v) is 5.68. The van der Waals surface area contributed by atoms with Crippen molar-refractivity contribution < 1.29 is 4.79 Å². The quantitative estimate of drug-likeness (QED) is 0.591. The molecule has 0 saturated carbocycles. The molecule has 0 spiro atoms. The number of aryl methyl sites for hydroxylation is 1. The average molecular weight is 253 g/mol. The number of alkyl halides is 1. The van der Waals surface area contributed by atoms with E-state index in [9.17, 15) is 4.79 Å². The summed E-state index contributed by atoms with van der Waals surface area (Å²) in [5.74, 6) is 0. The van der Waals surface area contributed by atoms with Crippen LogP contribution >= 0.6 is 15.9 Å². The van der Waals surface area contributed by atoms with E-state index in [1.54, 1.807) is 0 Å². The van der Waals surface area contributed by atoms with Gasteiger partial charge in [-0.25, -0.2) is 0 Å². The molecule has 0 radical (unpaired) electrons.